The summed E-state index contributed by atoms with van der Waals surface area (Å²) in [5, 5.41) is 3.26. The molecule has 0 saturated heterocycles. The molecule has 0 aliphatic carbocycles. The molecule has 3 nitrogen and oxygen atoms in total. The third kappa shape index (κ3) is 1.77. The van der Waals surface area contributed by atoms with E-state index in [2.05, 4.69) is 47.0 Å². The van der Waals surface area contributed by atoms with Gasteiger partial charge in [0, 0.05) is 18.9 Å². The lowest BCUT2D eigenvalue weighted by Crippen LogP contribution is -2.11. The Labute approximate surface area is 83.8 Å². The minimum absolute atomic E-state index is 0.844. The van der Waals surface area contributed by atoms with Crippen LogP contribution in [0.25, 0.3) is 5.65 Å². The number of nitrogens with zero attached hydrogens (tertiary/aromatic N) is 2. The number of hydrogen-bond donors (Lipinski definition) is 1. The zero-order valence-electron chi connectivity index (χ0n) is 8.62. The maximum atomic E-state index is 4.49. The van der Waals surface area contributed by atoms with Crippen LogP contribution in [-0.2, 0) is 6.54 Å². The molecule has 74 valence electrons. The maximum absolute atomic E-state index is 4.49. The molecular formula is C11H15N3. The molecule has 1 N–H and O–H groups in total. The van der Waals surface area contributed by atoms with Crippen LogP contribution >= 0.6 is 0 Å². The minimum Gasteiger partial charge on any atom is -0.311 e. The van der Waals surface area contributed by atoms with Crippen molar-refractivity contribution in [2.75, 3.05) is 6.54 Å². The molecule has 0 bridgehead atoms. The van der Waals surface area contributed by atoms with Crippen molar-refractivity contribution in [3.63, 3.8) is 0 Å². The first-order valence-corrected chi connectivity index (χ1v) is 4.94. The van der Waals surface area contributed by atoms with Gasteiger partial charge in [-0.25, -0.2) is 4.98 Å². The fourth-order valence-corrected chi connectivity index (χ4v) is 1.49. The van der Waals surface area contributed by atoms with Gasteiger partial charge in [0.1, 0.15) is 5.65 Å². The third-order valence-electron chi connectivity index (χ3n) is 2.20. The molecule has 3 heteroatoms. The Morgan fingerprint density at radius 2 is 2.21 bits per heavy atom. The van der Waals surface area contributed by atoms with Crippen LogP contribution in [0.4, 0.5) is 0 Å². The Morgan fingerprint density at radius 1 is 1.36 bits per heavy atom. The number of fused-ring (bicyclic) bond motifs is 1. The Kier molecular flexibility index (Phi) is 2.50. The van der Waals surface area contributed by atoms with Crippen molar-refractivity contribution in [3.05, 3.63) is 35.8 Å². The fraction of sp³-hybridized carbons (Fsp3) is 0.364. The van der Waals surface area contributed by atoms with E-state index in [0.717, 1.165) is 24.4 Å². The van der Waals surface area contributed by atoms with Gasteiger partial charge in [0.25, 0.3) is 0 Å². The molecule has 2 aromatic heterocycles. The molecule has 0 aliphatic heterocycles. The molecule has 0 saturated carbocycles. The number of imidazole rings is 1. The van der Waals surface area contributed by atoms with Crippen LogP contribution < -0.4 is 5.32 Å². The van der Waals surface area contributed by atoms with Crippen LogP contribution in [0.2, 0.25) is 0 Å². The highest BCUT2D eigenvalue weighted by molar-refractivity contribution is 5.41. The zero-order valence-corrected chi connectivity index (χ0v) is 8.62. The van der Waals surface area contributed by atoms with E-state index in [9.17, 15) is 0 Å². The van der Waals surface area contributed by atoms with Gasteiger partial charge in [0.15, 0.2) is 0 Å². The normalized spacial score (nSPS) is 11.0. The smallest absolute Gasteiger partial charge is 0.137 e. The molecule has 0 unspecified atom stereocenters. The van der Waals surface area contributed by atoms with E-state index in [1.165, 1.54) is 5.56 Å². The Bertz CT molecular complexity index is 431. The minimum atomic E-state index is 0.844. The van der Waals surface area contributed by atoms with Crippen molar-refractivity contribution in [3.8, 4) is 0 Å². The van der Waals surface area contributed by atoms with Gasteiger partial charge in [0.05, 0.1) is 5.69 Å². The number of aromatic nitrogens is 2. The van der Waals surface area contributed by atoms with Crippen LogP contribution in [0.15, 0.2) is 24.5 Å². The van der Waals surface area contributed by atoms with E-state index >= 15 is 0 Å². The van der Waals surface area contributed by atoms with Crippen molar-refractivity contribution in [1.29, 1.82) is 0 Å². The lowest BCUT2D eigenvalue weighted by atomic mass is 10.3. The van der Waals surface area contributed by atoms with Crippen molar-refractivity contribution in [2.24, 2.45) is 0 Å². The molecule has 2 heterocycles. The zero-order chi connectivity index (χ0) is 9.97. The average molecular weight is 189 g/mol. The topological polar surface area (TPSA) is 29.3 Å². The van der Waals surface area contributed by atoms with E-state index in [-0.39, 0.29) is 0 Å². The van der Waals surface area contributed by atoms with Gasteiger partial charge in [-0.05, 0) is 25.1 Å². The molecule has 0 amide bonds. The van der Waals surface area contributed by atoms with Crippen LogP contribution in [0.1, 0.15) is 18.2 Å². The number of rotatable bonds is 3. The average Bonchev–Trinajstić information content (AvgIpc) is 2.56. The monoisotopic (exact) mass is 189 g/mol. The summed E-state index contributed by atoms with van der Waals surface area (Å²) >= 11 is 0. The van der Waals surface area contributed by atoms with E-state index in [4.69, 9.17) is 0 Å². The predicted molar refractivity (Wildman–Crippen MR) is 57.3 cm³/mol. The van der Waals surface area contributed by atoms with Crippen LogP contribution in [0.3, 0.4) is 0 Å². The Hall–Kier alpha value is -1.35. The van der Waals surface area contributed by atoms with Crippen LogP contribution in [0, 0.1) is 6.92 Å². The first kappa shape index (κ1) is 9.21. The molecule has 0 spiro atoms. The lowest BCUT2D eigenvalue weighted by molar-refractivity contribution is 0.714. The summed E-state index contributed by atoms with van der Waals surface area (Å²) in [4.78, 5) is 4.49. The number of hydrogen-bond acceptors (Lipinski definition) is 2. The highest BCUT2D eigenvalue weighted by Crippen LogP contribution is 2.06. The molecule has 0 fully saturated rings. The van der Waals surface area contributed by atoms with E-state index < -0.39 is 0 Å². The van der Waals surface area contributed by atoms with Gasteiger partial charge < -0.3 is 9.72 Å². The van der Waals surface area contributed by atoms with Crippen molar-refractivity contribution >= 4 is 5.65 Å². The number of nitrogens with one attached hydrogen (secondary N) is 1. The summed E-state index contributed by atoms with van der Waals surface area (Å²) in [6, 6.07) is 4.13. The Balaban J connectivity index is 2.32. The number of pyridine rings is 1. The molecule has 0 atom stereocenters. The SMILES string of the molecule is CCNCc1cn2cc(C)ccc2n1. The third-order valence-corrected chi connectivity index (χ3v) is 2.20. The van der Waals surface area contributed by atoms with E-state index in [1.54, 1.807) is 0 Å². The van der Waals surface area contributed by atoms with E-state index in [0.29, 0.717) is 0 Å². The van der Waals surface area contributed by atoms with Gasteiger partial charge >= 0.3 is 0 Å². The highest BCUT2D eigenvalue weighted by Gasteiger charge is 1.99. The number of aryl methyl sites for hydroxylation is 1. The highest BCUT2D eigenvalue weighted by atomic mass is 15.0. The van der Waals surface area contributed by atoms with Gasteiger partial charge in [-0.2, -0.15) is 0 Å². The fourth-order valence-electron chi connectivity index (χ4n) is 1.49. The first-order chi connectivity index (χ1) is 6.79. The summed E-state index contributed by atoms with van der Waals surface area (Å²) in [6.45, 7) is 6.01. The summed E-state index contributed by atoms with van der Waals surface area (Å²) < 4.78 is 2.07. The van der Waals surface area contributed by atoms with Gasteiger partial charge in [-0.1, -0.05) is 13.0 Å². The second kappa shape index (κ2) is 3.80. The van der Waals surface area contributed by atoms with Gasteiger partial charge in [-0.3, -0.25) is 0 Å². The first-order valence-electron chi connectivity index (χ1n) is 4.94. The van der Waals surface area contributed by atoms with Crippen molar-refractivity contribution < 1.29 is 0 Å². The summed E-state index contributed by atoms with van der Waals surface area (Å²) in [5.74, 6) is 0. The van der Waals surface area contributed by atoms with Gasteiger partial charge in [0.2, 0.25) is 0 Å². The van der Waals surface area contributed by atoms with E-state index in [1.807, 2.05) is 6.07 Å². The van der Waals surface area contributed by atoms with Crippen molar-refractivity contribution in [1.82, 2.24) is 14.7 Å². The predicted octanol–water partition coefficient (Wildman–Crippen LogP) is 1.75. The molecule has 0 aromatic carbocycles. The summed E-state index contributed by atoms with van der Waals surface area (Å²) in [6.07, 6.45) is 4.17. The molecule has 0 aliphatic rings. The van der Waals surface area contributed by atoms with Crippen LogP contribution in [-0.4, -0.2) is 15.9 Å². The van der Waals surface area contributed by atoms with Crippen molar-refractivity contribution in [2.45, 2.75) is 20.4 Å². The molecular weight excluding hydrogens is 174 g/mol. The molecule has 2 aromatic rings. The summed E-state index contributed by atoms with van der Waals surface area (Å²) in [5.41, 5.74) is 3.37. The maximum Gasteiger partial charge on any atom is 0.137 e. The quantitative estimate of drug-likeness (QED) is 0.797. The van der Waals surface area contributed by atoms with Crippen LogP contribution in [0.5, 0.6) is 0 Å². The van der Waals surface area contributed by atoms with Gasteiger partial charge in [-0.15, -0.1) is 0 Å². The molecule has 14 heavy (non-hydrogen) atoms. The second-order valence-electron chi connectivity index (χ2n) is 3.48. The largest absolute Gasteiger partial charge is 0.311 e. The molecule has 0 radical (unpaired) electrons. The standard InChI is InChI=1S/C11H15N3/c1-3-12-6-10-8-14-7-9(2)4-5-11(14)13-10/h4-5,7-8,12H,3,6H2,1-2H3. The summed E-state index contributed by atoms with van der Waals surface area (Å²) in [7, 11) is 0. The molecule has 2 rings (SSSR count). The Morgan fingerprint density at radius 3 is 3.00 bits per heavy atom. The lowest BCUT2D eigenvalue weighted by Gasteiger charge is -1.94. The second-order valence-corrected chi connectivity index (χ2v) is 3.48.